The molecule has 1 aliphatic rings. The van der Waals surface area contributed by atoms with E-state index in [4.69, 9.17) is 9.47 Å². The summed E-state index contributed by atoms with van der Waals surface area (Å²) in [6.07, 6.45) is 2.76. The van der Waals surface area contributed by atoms with Crippen LogP contribution in [0.15, 0.2) is 11.6 Å². The molecule has 4 heteroatoms. The van der Waals surface area contributed by atoms with Crippen LogP contribution in [0.3, 0.4) is 0 Å². The summed E-state index contributed by atoms with van der Waals surface area (Å²) < 4.78 is 10.2. The van der Waals surface area contributed by atoms with Crippen LogP contribution in [0.2, 0.25) is 0 Å². The number of carbonyl (C=O) groups is 2. The van der Waals surface area contributed by atoms with Crippen molar-refractivity contribution >= 4 is 11.9 Å². The summed E-state index contributed by atoms with van der Waals surface area (Å²) in [6, 6.07) is 0. The van der Waals surface area contributed by atoms with Crippen LogP contribution in [0.4, 0.5) is 0 Å². The lowest BCUT2D eigenvalue weighted by Gasteiger charge is -2.20. The molecule has 17 heavy (non-hydrogen) atoms. The Morgan fingerprint density at radius 3 is 2.59 bits per heavy atom. The first-order chi connectivity index (χ1) is 7.83. The van der Waals surface area contributed by atoms with Crippen LogP contribution in [0, 0.1) is 5.92 Å². The van der Waals surface area contributed by atoms with E-state index in [1.165, 1.54) is 0 Å². The highest BCUT2D eigenvalue weighted by Crippen LogP contribution is 2.28. The van der Waals surface area contributed by atoms with E-state index < -0.39 is 5.60 Å². The summed E-state index contributed by atoms with van der Waals surface area (Å²) in [5, 5.41) is 0. The van der Waals surface area contributed by atoms with Gasteiger partial charge in [0.25, 0.3) is 0 Å². The third-order valence-electron chi connectivity index (χ3n) is 2.40. The summed E-state index contributed by atoms with van der Waals surface area (Å²) >= 11 is 0. The predicted octanol–water partition coefficient (Wildman–Crippen LogP) is 2.23. The molecule has 96 valence electrons. The van der Waals surface area contributed by atoms with Crippen molar-refractivity contribution in [3.8, 4) is 0 Å². The van der Waals surface area contributed by atoms with Gasteiger partial charge in [-0.1, -0.05) is 6.08 Å². The van der Waals surface area contributed by atoms with E-state index >= 15 is 0 Å². The number of hydrogen-bond acceptors (Lipinski definition) is 4. The van der Waals surface area contributed by atoms with Crippen LogP contribution in [0.5, 0.6) is 0 Å². The molecule has 0 aromatic rings. The molecule has 0 aromatic carbocycles. The van der Waals surface area contributed by atoms with Crippen LogP contribution in [0.1, 0.15) is 40.5 Å². The topological polar surface area (TPSA) is 52.6 Å². The number of hydrogen-bond donors (Lipinski definition) is 0. The molecule has 0 bridgehead atoms. The third kappa shape index (κ3) is 4.21. The van der Waals surface area contributed by atoms with Gasteiger partial charge in [-0.15, -0.1) is 0 Å². The monoisotopic (exact) mass is 240 g/mol. The number of ether oxygens (including phenoxy) is 2. The maximum Gasteiger partial charge on any atom is 0.334 e. The molecule has 0 N–H and O–H groups in total. The first-order valence-corrected chi connectivity index (χ1v) is 5.92. The minimum absolute atomic E-state index is 0.225. The van der Waals surface area contributed by atoms with Gasteiger partial charge in [0.15, 0.2) is 0 Å². The Bertz CT molecular complexity index is 336. The smallest absolute Gasteiger partial charge is 0.334 e. The highest BCUT2D eigenvalue weighted by molar-refractivity contribution is 5.91. The first kappa shape index (κ1) is 13.7. The molecule has 1 aliphatic carbocycles. The molecule has 0 spiro atoms. The molecule has 0 radical (unpaired) electrons. The average Bonchev–Trinajstić information content (AvgIpc) is 2.63. The third-order valence-corrected chi connectivity index (χ3v) is 2.40. The molecule has 0 saturated carbocycles. The Labute approximate surface area is 102 Å². The minimum Gasteiger partial charge on any atom is -0.466 e. The lowest BCUT2D eigenvalue weighted by molar-refractivity contribution is -0.150. The summed E-state index contributed by atoms with van der Waals surface area (Å²) in [7, 11) is 0. The van der Waals surface area contributed by atoms with Crippen molar-refractivity contribution < 1.29 is 19.1 Å². The first-order valence-electron chi connectivity index (χ1n) is 5.92. The Hall–Kier alpha value is -1.32. The highest BCUT2D eigenvalue weighted by atomic mass is 16.6. The van der Waals surface area contributed by atoms with E-state index in [9.17, 15) is 9.59 Å². The molecule has 4 nitrogen and oxygen atoms in total. The second-order valence-electron chi connectivity index (χ2n) is 5.12. The quantitative estimate of drug-likeness (QED) is 0.710. The second-order valence-corrected chi connectivity index (χ2v) is 5.12. The van der Waals surface area contributed by atoms with Gasteiger partial charge >= 0.3 is 11.9 Å². The van der Waals surface area contributed by atoms with Gasteiger partial charge in [-0.3, -0.25) is 4.79 Å². The zero-order valence-corrected chi connectivity index (χ0v) is 10.9. The molecule has 0 amide bonds. The lowest BCUT2D eigenvalue weighted by atomic mass is 10.1. The average molecular weight is 240 g/mol. The number of allylic oxidation sites excluding steroid dienone is 1. The van der Waals surface area contributed by atoms with Crippen molar-refractivity contribution in [2.24, 2.45) is 5.92 Å². The molecule has 1 rings (SSSR count). The molecular formula is C13H20O4. The molecule has 1 atom stereocenters. The summed E-state index contributed by atoms with van der Waals surface area (Å²) in [6.45, 7) is 7.61. The second kappa shape index (κ2) is 5.34. The molecule has 0 fully saturated rings. The van der Waals surface area contributed by atoms with Crippen molar-refractivity contribution in [1.82, 2.24) is 0 Å². The summed E-state index contributed by atoms with van der Waals surface area (Å²) in [5.74, 6) is -0.788. The Morgan fingerprint density at radius 2 is 2.06 bits per heavy atom. The standard InChI is InChI=1S/C13H20O4/c1-5-16-11(14)9-6-7-10(8-9)12(15)17-13(2,3)4/h7,9H,5-6,8H2,1-4H3/t9-/m1/s1. The van der Waals surface area contributed by atoms with E-state index in [1.54, 1.807) is 13.0 Å². The van der Waals surface area contributed by atoms with E-state index in [0.717, 1.165) is 0 Å². The predicted molar refractivity (Wildman–Crippen MR) is 63.3 cm³/mol. The van der Waals surface area contributed by atoms with Gasteiger partial charge in [0, 0.05) is 5.57 Å². The van der Waals surface area contributed by atoms with Crippen molar-refractivity contribution in [1.29, 1.82) is 0 Å². The molecular weight excluding hydrogens is 220 g/mol. The van der Waals surface area contributed by atoms with Gasteiger partial charge in [-0.25, -0.2) is 4.79 Å². The van der Waals surface area contributed by atoms with Crippen LogP contribution < -0.4 is 0 Å². The highest BCUT2D eigenvalue weighted by Gasteiger charge is 2.30. The van der Waals surface area contributed by atoms with Gasteiger partial charge in [-0.05, 0) is 40.5 Å². The molecule has 0 saturated heterocycles. The van der Waals surface area contributed by atoms with Gasteiger partial charge < -0.3 is 9.47 Å². The number of rotatable bonds is 3. The Kier molecular flexibility index (Phi) is 4.32. The van der Waals surface area contributed by atoms with Gasteiger partial charge in [0.2, 0.25) is 0 Å². The fraction of sp³-hybridized carbons (Fsp3) is 0.692. The normalized spacial score (nSPS) is 19.8. The van der Waals surface area contributed by atoms with Crippen LogP contribution in [-0.2, 0) is 19.1 Å². The number of carbonyl (C=O) groups excluding carboxylic acids is 2. The van der Waals surface area contributed by atoms with E-state index in [2.05, 4.69) is 0 Å². The van der Waals surface area contributed by atoms with Crippen molar-refractivity contribution in [2.75, 3.05) is 6.61 Å². The lowest BCUT2D eigenvalue weighted by Crippen LogP contribution is -2.25. The maximum atomic E-state index is 11.7. The molecule has 0 heterocycles. The van der Waals surface area contributed by atoms with Crippen LogP contribution in [-0.4, -0.2) is 24.1 Å². The number of esters is 2. The van der Waals surface area contributed by atoms with Crippen LogP contribution >= 0.6 is 0 Å². The minimum atomic E-state index is -0.500. The van der Waals surface area contributed by atoms with Gasteiger partial charge in [-0.2, -0.15) is 0 Å². The zero-order chi connectivity index (χ0) is 13.1. The zero-order valence-electron chi connectivity index (χ0n) is 10.9. The van der Waals surface area contributed by atoms with Crippen molar-refractivity contribution in [2.45, 2.75) is 46.1 Å². The van der Waals surface area contributed by atoms with E-state index in [0.29, 0.717) is 25.0 Å². The van der Waals surface area contributed by atoms with Crippen molar-refractivity contribution in [3.63, 3.8) is 0 Å². The maximum absolute atomic E-state index is 11.7. The molecule has 0 aliphatic heterocycles. The fourth-order valence-corrected chi connectivity index (χ4v) is 1.67. The summed E-state index contributed by atoms with van der Waals surface area (Å²) in [5.41, 5.74) is 0.0814. The Balaban J connectivity index is 2.50. The SMILES string of the molecule is CCOC(=O)[C@@H]1CC=C(C(=O)OC(C)(C)C)C1. The largest absolute Gasteiger partial charge is 0.466 e. The molecule has 0 aromatic heterocycles. The molecule has 0 unspecified atom stereocenters. The van der Waals surface area contributed by atoms with E-state index in [1.807, 2.05) is 20.8 Å². The van der Waals surface area contributed by atoms with Gasteiger partial charge in [0.1, 0.15) is 5.60 Å². The fourth-order valence-electron chi connectivity index (χ4n) is 1.67. The Morgan fingerprint density at radius 1 is 1.41 bits per heavy atom. The van der Waals surface area contributed by atoms with Crippen LogP contribution in [0.25, 0.3) is 0 Å². The summed E-state index contributed by atoms with van der Waals surface area (Å²) in [4.78, 5) is 23.2. The van der Waals surface area contributed by atoms with Gasteiger partial charge in [0.05, 0.1) is 12.5 Å². The van der Waals surface area contributed by atoms with Crippen molar-refractivity contribution in [3.05, 3.63) is 11.6 Å². The van der Waals surface area contributed by atoms with E-state index in [-0.39, 0.29) is 17.9 Å².